The van der Waals surface area contributed by atoms with Gasteiger partial charge in [-0.15, -0.1) is 0 Å². The van der Waals surface area contributed by atoms with Crippen molar-refractivity contribution in [3.05, 3.63) is 28.7 Å². The summed E-state index contributed by atoms with van der Waals surface area (Å²) in [5.74, 6) is 0.690. The van der Waals surface area contributed by atoms with Gasteiger partial charge in [0.05, 0.1) is 0 Å². The highest BCUT2D eigenvalue weighted by atomic mass is 79.9. The van der Waals surface area contributed by atoms with Crippen molar-refractivity contribution in [3.63, 3.8) is 0 Å². The minimum atomic E-state index is 0.579. The van der Waals surface area contributed by atoms with Crippen LogP contribution in [0, 0.1) is 5.92 Å². The van der Waals surface area contributed by atoms with Crippen LogP contribution >= 0.6 is 15.9 Å². The standard InChI is InChI=1S/C14H21BrN2/c1-10-9-17(3)11(2)7-14(10)16-13-6-4-5-12(15)8-13/h4-6,8,10-11,14,16H,7,9H2,1-3H3. The molecule has 1 saturated heterocycles. The molecule has 3 heteroatoms. The number of rotatable bonds is 2. The van der Waals surface area contributed by atoms with Crippen molar-refractivity contribution in [3.8, 4) is 0 Å². The molecule has 94 valence electrons. The molecule has 0 amide bonds. The quantitative estimate of drug-likeness (QED) is 0.897. The summed E-state index contributed by atoms with van der Waals surface area (Å²) >= 11 is 3.52. The van der Waals surface area contributed by atoms with Crippen molar-refractivity contribution >= 4 is 21.6 Å². The molecule has 3 unspecified atom stereocenters. The Bertz CT molecular complexity index is 380. The first kappa shape index (κ1) is 12.9. The molecular formula is C14H21BrN2. The Labute approximate surface area is 113 Å². The molecule has 0 saturated carbocycles. The maximum atomic E-state index is 3.67. The highest BCUT2D eigenvalue weighted by Gasteiger charge is 2.28. The van der Waals surface area contributed by atoms with E-state index in [0.717, 1.165) is 4.47 Å². The average molecular weight is 297 g/mol. The van der Waals surface area contributed by atoms with E-state index in [0.29, 0.717) is 18.0 Å². The van der Waals surface area contributed by atoms with Crippen molar-refractivity contribution in [2.75, 3.05) is 18.9 Å². The van der Waals surface area contributed by atoms with Crippen molar-refractivity contribution in [2.45, 2.75) is 32.4 Å². The van der Waals surface area contributed by atoms with Crippen molar-refractivity contribution in [2.24, 2.45) is 5.92 Å². The van der Waals surface area contributed by atoms with E-state index in [1.165, 1.54) is 18.7 Å². The van der Waals surface area contributed by atoms with Crippen molar-refractivity contribution in [1.29, 1.82) is 0 Å². The minimum absolute atomic E-state index is 0.579. The lowest BCUT2D eigenvalue weighted by Gasteiger charge is -2.40. The fraction of sp³-hybridized carbons (Fsp3) is 0.571. The highest BCUT2D eigenvalue weighted by Crippen LogP contribution is 2.25. The second-order valence-electron chi connectivity index (χ2n) is 5.26. The molecule has 2 nitrogen and oxygen atoms in total. The summed E-state index contributed by atoms with van der Waals surface area (Å²) < 4.78 is 1.14. The number of halogens is 1. The number of nitrogens with one attached hydrogen (secondary N) is 1. The van der Waals surface area contributed by atoms with Crippen LogP contribution in [-0.4, -0.2) is 30.6 Å². The normalized spacial score (nSPS) is 30.2. The second kappa shape index (κ2) is 5.40. The molecule has 1 fully saturated rings. The van der Waals surface area contributed by atoms with Gasteiger partial charge in [-0.3, -0.25) is 0 Å². The van der Waals surface area contributed by atoms with Gasteiger partial charge in [-0.25, -0.2) is 0 Å². The molecular weight excluding hydrogens is 276 g/mol. The number of hydrogen-bond donors (Lipinski definition) is 1. The van der Waals surface area contributed by atoms with E-state index in [2.05, 4.69) is 71.3 Å². The third kappa shape index (κ3) is 3.23. The lowest BCUT2D eigenvalue weighted by Crippen LogP contribution is -2.48. The molecule has 0 aliphatic carbocycles. The molecule has 2 rings (SSSR count). The fourth-order valence-electron chi connectivity index (χ4n) is 2.53. The van der Waals surface area contributed by atoms with Crippen molar-refractivity contribution in [1.82, 2.24) is 4.90 Å². The molecule has 1 N–H and O–H groups in total. The van der Waals surface area contributed by atoms with Gasteiger partial charge in [0.2, 0.25) is 0 Å². The second-order valence-corrected chi connectivity index (χ2v) is 6.18. The molecule has 0 bridgehead atoms. The smallest absolute Gasteiger partial charge is 0.0353 e. The number of nitrogens with zero attached hydrogens (tertiary/aromatic N) is 1. The van der Waals surface area contributed by atoms with Gasteiger partial charge >= 0.3 is 0 Å². The number of hydrogen-bond acceptors (Lipinski definition) is 2. The number of piperidine rings is 1. The summed E-state index contributed by atoms with van der Waals surface area (Å²) in [6.07, 6.45) is 1.21. The van der Waals surface area contributed by atoms with Crippen LogP contribution in [0.1, 0.15) is 20.3 Å². The number of benzene rings is 1. The Morgan fingerprint density at radius 3 is 2.82 bits per heavy atom. The van der Waals surface area contributed by atoms with E-state index in [4.69, 9.17) is 0 Å². The van der Waals surface area contributed by atoms with Crippen LogP contribution in [0.5, 0.6) is 0 Å². The van der Waals surface area contributed by atoms with E-state index in [1.807, 2.05) is 0 Å². The van der Waals surface area contributed by atoms with Gasteiger partial charge in [0.25, 0.3) is 0 Å². The Hall–Kier alpha value is -0.540. The third-order valence-corrected chi connectivity index (χ3v) is 4.28. The van der Waals surface area contributed by atoms with Crippen LogP contribution in [-0.2, 0) is 0 Å². The maximum Gasteiger partial charge on any atom is 0.0353 e. The van der Waals surface area contributed by atoms with Gasteiger partial charge in [0.15, 0.2) is 0 Å². The molecule has 0 radical (unpaired) electrons. The molecule has 1 aromatic rings. The summed E-state index contributed by atoms with van der Waals surface area (Å²) in [6, 6.07) is 9.67. The number of likely N-dealkylation sites (tertiary alicyclic amines) is 1. The lowest BCUT2D eigenvalue weighted by molar-refractivity contribution is 0.145. The molecule has 3 atom stereocenters. The third-order valence-electron chi connectivity index (χ3n) is 3.79. The van der Waals surface area contributed by atoms with Crippen molar-refractivity contribution < 1.29 is 0 Å². The number of anilines is 1. The van der Waals surface area contributed by atoms with Gasteiger partial charge < -0.3 is 10.2 Å². The van der Waals surface area contributed by atoms with E-state index >= 15 is 0 Å². The topological polar surface area (TPSA) is 15.3 Å². The summed E-state index contributed by atoms with van der Waals surface area (Å²) in [7, 11) is 2.22. The minimum Gasteiger partial charge on any atom is -0.382 e. The molecule has 1 aliphatic rings. The Morgan fingerprint density at radius 1 is 1.35 bits per heavy atom. The summed E-state index contributed by atoms with van der Waals surface area (Å²) in [5.41, 5.74) is 1.22. The zero-order valence-corrected chi connectivity index (χ0v) is 12.4. The van der Waals surface area contributed by atoms with E-state index in [1.54, 1.807) is 0 Å². The van der Waals surface area contributed by atoms with Gasteiger partial charge in [-0.1, -0.05) is 28.9 Å². The molecule has 0 spiro atoms. The largest absolute Gasteiger partial charge is 0.382 e. The predicted molar refractivity (Wildman–Crippen MR) is 77.4 cm³/mol. The summed E-state index contributed by atoms with van der Waals surface area (Å²) in [6.45, 7) is 5.81. The summed E-state index contributed by atoms with van der Waals surface area (Å²) in [4.78, 5) is 2.45. The van der Waals surface area contributed by atoms with Crippen LogP contribution in [0.15, 0.2) is 28.7 Å². The Balaban J connectivity index is 2.03. The Morgan fingerprint density at radius 2 is 2.12 bits per heavy atom. The molecule has 1 aliphatic heterocycles. The van der Waals surface area contributed by atoms with E-state index in [-0.39, 0.29) is 0 Å². The molecule has 0 aromatic heterocycles. The van der Waals surface area contributed by atoms with Gasteiger partial charge in [-0.05, 0) is 44.5 Å². The Kier molecular flexibility index (Phi) is 4.10. The molecule has 1 aromatic carbocycles. The van der Waals surface area contributed by atoms with Crippen LogP contribution < -0.4 is 5.32 Å². The van der Waals surface area contributed by atoms with Gasteiger partial charge in [0, 0.05) is 28.8 Å². The zero-order valence-electron chi connectivity index (χ0n) is 10.8. The monoisotopic (exact) mass is 296 g/mol. The van der Waals surface area contributed by atoms with Crippen LogP contribution in [0.3, 0.4) is 0 Å². The zero-order chi connectivity index (χ0) is 12.4. The SMILES string of the molecule is CC1CN(C)C(C)CC1Nc1cccc(Br)c1. The average Bonchev–Trinajstić information content (AvgIpc) is 2.26. The van der Waals surface area contributed by atoms with Gasteiger partial charge in [-0.2, -0.15) is 0 Å². The molecule has 17 heavy (non-hydrogen) atoms. The first-order valence-corrected chi connectivity index (χ1v) is 7.08. The van der Waals surface area contributed by atoms with Crippen LogP contribution in [0.4, 0.5) is 5.69 Å². The first-order chi connectivity index (χ1) is 8.06. The molecule has 1 heterocycles. The van der Waals surface area contributed by atoms with Gasteiger partial charge in [0.1, 0.15) is 0 Å². The maximum absolute atomic E-state index is 3.67. The fourth-order valence-corrected chi connectivity index (χ4v) is 2.93. The summed E-state index contributed by atoms with van der Waals surface area (Å²) in [5, 5.41) is 3.67. The lowest BCUT2D eigenvalue weighted by atomic mass is 9.89. The van der Waals surface area contributed by atoms with Crippen LogP contribution in [0.25, 0.3) is 0 Å². The predicted octanol–water partition coefficient (Wildman–Crippen LogP) is 3.59. The van der Waals surface area contributed by atoms with E-state index < -0.39 is 0 Å². The van der Waals surface area contributed by atoms with Crippen LogP contribution in [0.2, 0.25) is 0 Å². The first-order valence-electron chi connectivity index (χ1n) is 6.28. The van der Waals surface area contributed by atoms with E-state index in [9.17, 15) is 0 Å². The highest BCUT2D eigenvalue weighted by molar-refractivity contribution is 9.10.